The first-order valence-electron chi connectivity index (χ1n) is 5.60. The summed E-state index contributed by atoms with van der Waals surface area (Å²) in [5, 5.41) is 6.41. The summed E-state index contributed by atoms with van der Waals surface area (Å²) in [6, 6.07) is 0.965. The molecule has 0 aliphatic rings. The van der Waals surface area contributed by atoms with Crippen molar-refractivity contribution in [2.24, 2.45) is 0 Å². The number of aromatic nitrogens is 3. The van der Waals surface area contributed by atoms with Crippen LogP contribution in [-0.2, 0) is 10.9 Å². The van der Waals surface area contributed by atoms with Gasteiger partial charge in [-0.3, -0.25) is 0 Å². The van der Waals surface area contributed by atoms with Gasteiger partial charge >= 0.3 is 6.18 Å². The molecule has 0 bridgehead atoms. The van der Waals surface area contributed by atoms with Gasteiger partial charge in [0.15, 0.2) is 11.5 Å². The Morgan fingerprint density at radius 1 is 1.47 bits per heavy atom. The number of hydrogen-bond acceptors (Lipinski definition) is 4. The SMILES string of the molecule is COC(C)CNc1nccn2nc(C(F)(F)F)cc12. The fraction of sp³-hybridized carbons (Fsp3) is 0.455. The van der Waals surface area contributed by atoms with E-state index in [9.17, 15) is 13.2 Å². The van der Waals surface area contributed by atoms with Gasteiger partial charge < -0.3 is 10.1 Å². The van der Waals surface area contributed by atoms with Crippen molar-refractivity contribution in [3.8, 4) is 0 Å². The van der Waals surface area contributed by atoms with E-state index in [-0.39, 0.29) is 11.6 Å². The summed E-state index contributed by atoms with van der Waals surface area (Å²) in [6.07, 6.45) is -1.79. The van der Waals surface area contributed by atoms with Crippen LogP contribution in [0, 0.1) is 0 Å². The Kier molecular flexibility index (Phi) is 3.61. The van der Waals surface area contributed by atoms with E-state index < -0.39 is 11.9 Å². The third-order valence-corrected chi connectivity index (χ3v) is 2.64. The van der Waals surface area contributed by atoms with Gasteiger partial charge in [-0.2, -0.15) is 18.3 Å². The van der Waals surface area contributed by atoms with Crippen molar-refractivity contribution in [1.82, 2.24) is 14.6 Å². The van der Waals surface area contributed by atoms with E-state index in [2.05, 4.69) is 15.4 Å². The predicted molar refractivity (Wildman–Crippen MR) is 62.9 cm³/mol. The van der Waals surface area contributed by atoms with Crippen LogP contribution >= 0.6 is 0 Å². The van der Waals surface area contributed by atoms with Crippen molar-refractivity contribution in [2.45, 2.75) is 19.2 Å². The molecule has 0 saturated heterocycles. The summed E-state index contributed by atoms with van der Waals surface area (Å²) in [5.74, 6) is 0.342. The largest absolute Gasteiger partial charge is 0.435 e. The Labute approximate surface area is 107 Å². The van der Waals surface area contributed by atoms with E-state index in [1.54, 1.807) is 7.11 Å². The zero-order valence-corrected chi connectivity index (χ0v) is 10.4. The molecule has 104 valence electrons. The lowest BCUT2D eigenvalue weighted by molar-refractivity contribution is -0.141. The molecule has 0 amide bonds. The standard InChI is InChI=1S/C11H13F3N4O/c1-7(19-2)6-16-10-8-5-9(11(12,13)14)17-18(8)4-3-15-10/h3-5,7H,6H2,1-2H3,(H,15,16). The number of nitrogens with one attached hydrogen (secondary N) is 1. The average molecular weight is 274 g/mol. The maximum atomic E-state index is 12.6. The van der Waals surface area contributed by atoms with Crippen molar-refractivity contribution >= 4 is 11.3 Å². The molecular formula is C11H13F3N4O. The van der Waals surface area contributed by atoms with Gasteiger partial charge in [-0.05, 0) is 6.92 Å². The lowest BCUT2D eigenvalue weighted by Crippen LogP contribution is -2.19. The first-order valence-corrected chi connectivity index (χ1v) is 5.60. The van der Waals surface area contributed by atoms with E-state index in [0.717, 1.165) is 10.6 Å². The molecule has 2 heterocycles. The van der Waals surface area contributed by atoms with Gasteiger partial charge in [-0.15, -0.1) is 0 Å². The first-order chi connectivity index (χ1) is 8.91. The zero-order valence-electron chi connectivity index (χ0n) is 10.4. The molecule has 0 aromatic carbocycles. The van der Waals surface area contributed by atoms with Crippen LogP contribution in [-0.4, -0.2) is 34.4 Å². The second kappa shape index (κ2) is 5.04. The second-order valence-electron chi connectivity index (χ2n) is 4.06. The number of fused-ring (bicyclic) bond motifs is 1. The van der Waals surface area contributed by atoms with Gasteiger partial charge in [-0.25, -0.2) is 9.50 Å². The second-order valence-corrected chi connectivity index (χ2v) is 4.06. The minimum atomic E-state index is -4.47. The Morgan fingerprint density at radius 3 is 2.84 bits per heavy atom. The van der Waals surface area contributed by atoms with Crippen LogP contribution in [0.2, 0.25) is 0 Å². The molecule has 5 nitrogen and oxygen atoms in total. The van der Waals surface area contributed by atoms with Gasteiger partial charge in [0, 0.05) is 32.1 Å². The van der Waals surface area contributed by atoms with E-state index in [1.165, 1.54) is 12.4 Å². The molecule has 2 aromatic heterocycles. The monoisotopic (exact) mass is 274 g/mol. The molecule has 1 atom stereocenters. The van der Waals surface area contributed by atoms with Gasteiger partial charge in [0.2, 0.25) is 0 Å². The van der Waals surface area contributed by atoms with Gasteiger partial charge in [0.1, 0.15) is 5.52 Å². The number of anilines is 1. The van der Waals surface area contributed by atoms with E-state index in [4.69, 9.17) is 4.74 Å². The molecule has 0 fully saturated rings. The summed E-state index contributed by atoms with van der Waals surface area (Å²) in [6.45, 7) is 2.28. The highest BCUT2D eigenvalue weighted by atomic mass is 19.4. The molecular weight excluding hydrogens is 261 g/mol. The highest BCUT2D eigenvalue weighted by molar-refractivity contribution is 5.67. The first kappa shape index (κ1) is 13.6. The summed E-state index contributed by atoms with van der Waals surface area (Å²) in [4.78, 5) is 4.01. The molecule has 19 heavy (non-hydrogen) atoms. The molecule has 0 aliphatic heterocycles. The van der Waals surface area contributed by atoms with Crippen LogP contribution in [0.5, 0.6) is 0 Å². The fourth-order valence-corrected chi connectivity index (χ4v) is 1.52. The number of alkyl halides is 3. The molecule has 0 spiro atoms. The van der Waals surface area contributed by atoms with Crippen molar-refractivity contribution in [2.75, 3.05) is 19.0 Å². The van der Waals surface area contributed by atoms with Crippen LogP contribution in [0.4, 0.5) is 19.0 Å². The lowest BCUT2D eigenvalue weighted by atomic mass is 10.3. The number of halogens is 3. The van der Waals surface area contributed by atoms with Crippen LogP contribution < -0.4 is 5.32 Å². The maximum absolute atomic E-state index is 12.6. The summed E-state index contributed by atoms with van der Waals surface area (Å²) >= 11 is 0. The maximum Gasteiger partial charge on any atom is 0.435 e. The number of hydrogen-bond donors (Lipinski definition) is 1. The molecule has 2 aromatic rings. The van der Waals surface area contributed by atoms with Crippen molar-refractivity contribution in [3.05, 3.63) is 24.2 Å². The molecule has 0 aliphatic carbocycles. The number of ether oxygens (including phenoxy) is 1. The highest BCUT2D eigenvalue weighted by Crippen LogP contribution is 2.29. The van der Waals surface area contributed by atoms with Crippen LogP contribution in [0.1, 0.15) is 12.6 Å². The minimum Gasteiger partial charge on any atom is -0.380 e. The lowest BCUT2D eigenvalue weighted by Gasteiger charge is -2.11. The molecule has 1 N–H and O–H groups in total. The fourth-order valence-electron chi connectivity index (χ4n) is 1.52. The van der Waals surface area contributed by atoms with E-state index in [1.807, 2.05) is 6.92 Å². The Balaban J connectivity index is 2.32. The van der Waals surface area contributed by atoms with Crippen molar-refractivity contribution in [3.63, 3.8) is 0 Å². The van der Waals surface area contributed by atoms with Crippen LogP contribution in [0.15, 0.2) is 18.5 Å². The van der Waals surface area contributed by atoms with Crippen molar-refractivity contribution < 1.29 is 17.9 Å². The Hall–Kier alpha value is -1.83. The smallest absolute Gasteiger partial charge is 0.380 e. The third kappa shape index (κ3) is 2.95. The Bertz CT molecular complexity index is 567. The molecule has 0 saturated carbocycles. The summed E-state index contributed by atoms with van der Waals surface area (Å²) in [5.41, 5.74) is -0.665. The number of nitrogens with zero attached hydrogens (tertiary/aromatic N) is 3. The van der Waals surface area contributed by atoms with Crippen LogP contribution in [0.3, 0.4) is 0 Å². The Morgan fingerprint density at radius 2 is 2.21 bits per heavy atom. The predicted octanol–water partition coefficient (Wildman–Crippen LogP) is 2.19. The van der Waals surface area contributed by atoms with Crippen molar-refractivity contribution in [1.29, 1.82) is 0 Å². The topological polar surface area (TPSA) is 51.5 Å². The van der Waals surface area contributed by atoms with E-state index in [0.29, 0.717) is 12.4 Å². The molecule has 0 radical (unpaired) electrons. The zero-order chi connectivity index (χ0) is 14.0. The highest BCUT2D eigenvalue weighted by Gasteiger charge is 2.34. The molecule has 1 unspecified atom stereocenters. The molecule has 8 heteroatoms. The number of rotatable bonds is 4. The molecule has 2 rings (SSSR count). The summed E-state index contributed by atoms with van der Waals surface area (Å²) < 4.78 is 44.0. The van der Waals surface area contributed by atoms with Crippen LogP contribution in [0.25, 0.3) is 5.52 Å². The number of methoxy groups -OCH3 is 1. The third-order valence-electron chi connectivity index (χ3n) is 2.64. The summed E-state index contributed by atoms with van der Waals surface area (Å²) in [7, 11) is 1.56. The van der Waals surface area contributed by atoms with Gasteiger partial charge in [0.25, 0.3) is 0 Å². The average Bonchev–Trinajstić information content (AvgIpc) is 2.80. The normalized spacial score (nSPS) is 13.7. The van der Waals surface area contributed by atoms with Gasteiger partial charge in [-0.1, -0.05) is 0 Å². The van der Waals surface area contributed by atoms with Gasteiger partial charge in [0.05, 0.1) is 6.10 Å². The quantitative estimate of drug-likeness (QED) is 0.928. The minimum absolute atomic E-state index is 0.0768. The van der Waals surface area contributed by atoms with E-state index >= 15 is 0 Å².